The summed E-state index contributed by atoms with van der Waals surface area (Å²) in [5.74, 6) is -1.12. The molecule has 3 aromatic rings. The highest BCUT2D eigenvalue weighted by atomic mass is 35.5. The van der Waals surface area contributed by atoms with Crippen molar-refractivity contribution in [2.24, 2.45) is 5.10 Å². The van der Waals surface area contributed by atoms with Gasteiger partial charge in [-0.05, 0) is 49.4 Å². The Morgan fingerprint density at radius 2 is 1.82 bits per heavy atom. The van der Waals surface area contributed by atoms with Crippen molar-refractivity contribution in [1.82, 2.24) is 10.1 Å². The van der Waals surface area contributed by atoms with Crippen LogP contribution in [0.3, 0.4) is 0 Å². The molecule has 12 heteroatoms. The van der Waals surface area contributed by atoms with E-state index in [-0.39, 0.29) is 22.9 Å². The van der Waals surface area contributed by atoms with Crippen LogP contribution in [-0.2, 0) is 26.2 Å². The summed E-state index contributed by atoms with van der Waals surface area (Å²) in [4.78, 5) is 24.2. The maximum atomic E-state index is 12.3. The average Bonchev–Trinajstić information content (AvgIpc) is 3.26. The van der Waals surface area contributed by atoms with E-state index in [2.05, 4.69) is 20.6 Å². The van der Waals surface area contributed by atoms with Crippen LogP contribution >= 0.6 is 11.6 Å². The number of nitrogens with one attached hydrogen (secondary N) is 3. The van der Waals surface area contributed by atoms with Crippen molar-refractivity contribution >= 4 is 45.3 Å². The highest BCUT2D eigenvalue weighted by molar-refractivity contribution is 7.89. The number of hydrazone groups is 1. The van der Waals surface area contributed by atoms with E-state index in [0.29, 0.717) is 16.5 Å². The van der Waals surface area contributed by atoms with Crippen LogP contribution in [0.25, 0.3) is 0 Å². The number of sulfonamides is 1. The molecule has 1 aromatic heterocycles. The van der Waals surface area contributed by atoms with Gasteiger partial charge >= 0.3 is 11.8 Å². The Labute approximate surface area is 201 Å². The molecule has 0 aliphatic heterocycles. The van der Waals surface area contributed by atoms with Gasteiger partial charge in [0.15, 0.2) is 0 Å². The zero-order chi connectivity index (χ0) is 24.7. The lowest BCUT2D eigenvalue weighted by Crippen LogP contribution is -2.32. The van der Waals surface area contributed by atoms with Gasteiger partial charge in [0.2, 0.25) is 10.0 Å². The first kappa shape index (κ1) is 25.0. The smallest absolute Gasteiger partial charge is 0.329 e. The molecule has 178 valence electrons. The number of anilines is 1. The van der Waals surface area contributed by atoms with Gasteiger partial charge in [-0.2, -0.15) is 5.10 Å². The molecule has 0 radical (unpaired) electrons. The van der Waals surface area contributed by atoms with Crippen LogP contribution < -0.4 is 20.2 Å². The van der Waals surface area contributed by atoms with Crippen molar-refractivity contribution in [2.75, 3.05) is 12.4 Å². The fraction of sp³-hybridized carbons (Fsp3) is 0.136. The summed E-state index contributed by atoms with van der Waals surface area (Å²) in [6.45, 7) is 1.78. The molecule has 0 saturated carbocycles. The molecule has 0 aliphatic rings. The summed E-state index contributed by atoms with van der Waals surface area (Å²) >= 11 is 5.90. The van der Waals surface area contributed by atoms with Crippen molar-refractivity contribution in [1.29, 1.82) is 0 Å². The first-order valence-corrected chi connectivity index (χ1v) is 11.7. The van der Waals surface area contributed by atoms with E-state index in [1.54, 1.807) is 30.3 Å². The first-order chi connectivity index (χ1) is 16.2. The van der Waals surface area contributed by atoms with Crippen molar-refractivity contribution in [3.05, 3.63) is 76.7 Å². The number of methoxy groups -OCH3 is 1. The van der Waals surface area contributed by atoms with Crippen molar-refractivity contribution in [3.63, 3.8) is 0 Å². The molecule has 0 bridgehead atoms. The van der Waals surface area contributed by atoms with Gasteiger partial charge in [0.1, 0.15) is 17.3 Å². The number of nitrogens with zero attached hydrogens (tertiary/aromatic N) is 1. The molecule has 0 saturated heterocycles. The second-order valence-electron chi connectivity index (χ2n) is 6.94. The van der Waals surface area contributed by atoms with Crippen molar-refractivity contribution in [2.45, 2.75) is 18.4 Å². The van der Waals surface area contributed by atoms with Gasteiger partial charge in [-0.15, -0.1) is 0 Å². The topological polar surface area (TPSA) is 139 Å². The van der Waals surface area contributed by atoms with Crippen LogP contribution in [0.4, 0.5) is 5.69 Å². The SMILES string of the molecule is COc1ccc(Cl)cc1NC(=O)C(=O)N/N=C/c1ccc(CNS(=O)(=O)c2ccc(C)cc2)o1. The van der Waals surface area contributed by atoms with E-state index in [1.165, 1.54) is 37.6 Å². The number of hydrogen-bond donors (Lipinski definition) is 3. The van der Waals surface area contributed by atoms with Gasteiger partial charge in [0.05, 0.1) is 30.5 Å². The van der Waals surface area contributed by atoms with E-state index in [9.17, 15) is 18.0 Å². The molecule has 0 spiro atoms. The lowest BCUT2D eigenvalue weighted by molar-refractivity contribution is -0.136. The Morgan fingerprint density at radius 3 is 2.53 bits per heavy atom. The third-order valence-corrected chi connectivity index (χ3v) is 6.08. The van der Waals surface area contributed by atoms with E-state index in [0.717, 1.165) is 5.56 Å². The Hall–Kier alpha value is -3.67. The lowest BCUT2D eigenvalue weighted by Gasteiger charge is -2.09. The van der Waals surface area contributed by atoms with Crippen molar-refractivity contribution < 1.29 is 27.2 Å². The highest BCUT2D eigenvalue weighted by Crippen LogP contribution is 2.27. The van der Waals surface area contributed by atoms with E-state index >= 15 is 0 Å². The van der Waals surface area contributed by atoms with Crippen LogP contribution in [0, 0.1) is 6.92 Å². The lowest BCUT2D eigenvalue weighted by atomic mass is 10.2. The van der Waals surface area contributed by atoms with Gasteiger partial charge in [0, 0.05) is 5.02 Å². The van der Waals surface area contributed by atoms with Crippen LogP contribution in [0.5, 0.6) is 5.75 Å². The number of carbonyl (C=O) groups excluding carboxylic acids is 2. The standard InChI is InChI=1S/C22H21ClN4O6S/c1-14-3-8-18(9-4-14)34(30,31)25-13-17-7-6-16(33-17)12-24-27-22(29)21(28)26-19-11-15(23)5-10-20(19)32-2/h3-12,25H,13H2,1-2H3,(H,26,28)(H,27,29)/b24-12+. The molecule has 0 unspecified atom stereocenters. The molecular formula is C22H21ClN4O6S. The molecule has 2 aromatic carbocycles. The summed E-state index contributed by atoms with van der Waals surface area (Å²) in [6, 6.07) is 14.1. The van der Waals surface area contributed by atoms with E-state index < -0.39 is 21.8 Å². The van der Waals surface area contributed by atoms with Gasteiger partial charge in [-0.1, -0.05) is 29.3 Å². The molecule has 3 rings (SSSR count). The number of ether oxygens (including phenoxy) is 1. The fourth-order valence-electron chi connectivity index (χ4n) is 2.69. The van der Waals surface area contributed by atoms with Crippen LogP contribution in [0.2, 0.25) is 5.02 Å². The summed E-state index contributed by atoms with van der Waals surface area (Å²) in [7, 11) is -2.29. The number of aryl methyl sites for hydroxylation is 1. The molecule has 2 amide bonds. The molecule has 0 fully saturated rings. The fourth-order valence-corrected chi connectivity index (χ4v) is 3.85. The molecule has 10 nitrogen and oxygen atoms in total. The minimum atomic E-state index is -3.70. The minimum Gasteiger partial charge on any atom is -0.495 e. The number of hydrogen-bond acceptors (Lipinski definition) is 7. The third kappa shape index (κ3) is 6.67. The Bertz CT molecular complexity index is 1320. The van der Waals surface area contributed by atoms with Gasteiger partial charge in [-0.3, -0.25) is 9.59 Å². The number of benzene rings is 2. The minimum absolute atomic E-state index is 0.0831. The van der Waals surface area contributed by atoms with Gasteiger partial charge < -0.3 is 14.5 Å². The Kier molecular flexibility index (Phi) is 8.05. The predicted octanol–water partition coefficient (Wildman–Crippen LogP) is 2.82. The van der Waals surface area contributed by atoms with Gasteiger partial charge in [-0.25, -0.2) is 18.6 Å². The molecule has 0 aliphatic carbocycles. The maximum absolute atomic E-state index is 12.3. The van der Waals surface area contributed by atoms with Crippen LogP contribution in [-0.4, -0.2) is 33.6 Å². The monoisotopic (exact) mass is 504 g/mol. The normalized spacial score (nSPS) is 11.4. The van der Waals surface area contributed by atoms with E-state index in [4.69, 9.17) is 20.8 Å². The second-order valence-corrected chi connectivity index (χ2v) is 9.14. The largest absolute Gasteiger partial charge is 0.495 e. The molecule has 3 N–H and O–H groups in total. The van der Waals surface area contributed by atoms with Crippen LogP contribution in [0.15, 0.2) is 69.0 Å². The summed E-state index contributed by atoms with van der Waals surface area (Å²) < 4.78 is 37.7. The quantitative estimate of drug-likeness (QED) is 0.245. The first-order valence-electron chi connectivity index (χ1n) is 9.81. The Morgan fingerprint density at radius 1 is 1.09 bits per heavy atom. The summed E-state index contributed by atoms with van der Waals surface area (Å²) in [5, 5.41) is 6.40. The zero-order valence-electron chi connectivity index (χ0n) is 18.2. The van der Waals surface area contributed by atoms with Crippen LogP contribution in [0.1, 0.15) is 17.1 Å². The zero-order valence-corrected chi connectivity index (χ0v) is 19.7. The average molecular weight is 505 g/mol. The Balaban J connectivity index is 1.52. The molecule has 1 heterocycles. The second kappa shape index (κ2) is 11.0. The van der Waals surface area contributed by atoms with Crippen molar-refractivity contribution in [3.8, 4) is 5.75 Å². The highest BCUT2D eigenvalue weighted by Gasteiger charge is 2.16. The van der Waals surface area contributed by atoms with E-state index in [1.807, 2.05) is 6.92 Å². The third-order valence-electron chi connectivity index (χ3n) is 4.42. The molecular weight excluding hydrogens is 484 g/mol. The van der Waals surface area contributed by atoms with Gasteiger partial charge in [0.25, 0.3) is 0 Å². The predicted molar refractivity (Wildman–Crippen MR) is 126 cm³/mol. The summed E-state index contributed by atoms with van der Waals surface area (Å²) in [5.41, 5.74) is 3.24. The molecule has 34 heavy (non-hydrogen) atoms. The number of furan rings is 1. The number of rotatable bonds is 8. The number of carbonyl (C=O) groups is 2. The number of amides is 2. The maximum Gasteiger partial charge on any atom is 0.329 e. The summed E-state index contributed by atoms with van der Waals surface area (Å²) in [6.07, 6.45) is 1.17. The number of halogens is 1. The molecule has 0 atom stereocenters.